The zero-order chi connectivity index (χ0) is 12.1. The molecule has 1 aliphatic carbocycles. The van der Waals surface area contributed by atoms with E-state index in [4.69, 9.17) is 0 Å². The first-order chi connectivity index (χ1) is 8.26. The zero-order valence-corrected chi connectivity index (χ0v) is 10.4. The molecular formula is C14H20N2O. The van der Waals surface area contributed by atoms with Crippen molar-refractivity contribution >= 4 is 5.78 Å². The first kappa shape index (κ1) is 12.2. The highest BCUT2D eigenvalue weighted by molar-refractivity contribution is 5.96. The molecule has 0 aromatic carbocycles. The maximum Gasteiger partial charge on any atom is 0.166 e. The fraction of sp³-hybridized carbons (Fsp3) is 0.571. The van der Waals surface area contributed by atoms with E-state index in [0.717, 1.165) is 18.4 Å². The van der Waals surface area contributed by atoms with Crippen LogP contribution in [0.1, 0.15) is 48.9 Å². The number of pyridine rings is 1. The second-order valence-electron chi connectivity index (χ2n) is 4.93. The number of rotatable bonds is 4. The predicted molar refractivity (Wildman–Crippen MR) is 68.1 cm³/mol. The molecule has 0 unspecified atom stereocenters. The summed E-state index contributed by atoms with van der Waals surface area (Å²) >= 11 is 0. The number of ketones is 1. The van der Waals surface area contributed by atoms with Gasteiger partial charge in [0.25, 0.3) is 0 Å². The van der Waals surface area contributed by atoms with Crippen molar-refractivity contribution in [3.63, 3.8) is 0 Å². The van der Waals surface area contributed by atoms with Gasteiger partial charge in [-0.3, -0.25) is 9.78 Å². The molecule has 2 rings (SSSR count). The van der Waals surface area contributed by atoms with Crippen molar-refractivity contribution in [1.29, 1.82) is 0 Å². The molecule has 0 radical (unpaired) electrons. The van der Waals surface area contributed by atoms with Crippen LogP contribution in [0.2, 0.25) is 0 Å². The van der Waals surface area contributed by atoms with Crippen LogP contribution in [-0.2, 0) is 0 Å². The van der Waals surface area contributed by atoms with Crippen LogP contribution in [0.3, 0.4) is 0 Å². The molecule has 1 heterocycles. The predicted octanol–water partition coefficient (Wildman–Crippen LogP) is 2.58. The normalized spacial score (nSPS) is 18.9. The number of hydrogen-bond acceptors (Lipinski definition) is 3. The molecular weight excluding hydrogens is 212 g/mol. The minimum Gasteiger partial charge on any atom is -0.314 e. The molecule has 1 fully saturated rings. The molecule has 0 saturated heterocycles. The monoisotopic (exact) mass is 232 g/mol. The minimum atomic E-state index is 0.0190. The number of nitrogens with zero attached hydrogens (tertiary/aromatic N) is 1. The number of carbonyl (C=O) groups excluding carboxylic acids is 1. The van der Waals surface area contributed by atoms with Crippen molar-refractivity contribution in [2.24, 2.45) is 0 Å². The lowest BCUT2D eigenvalue weighted by Crippen LogP contribution is -2.46. The van der Waals surface area contributed by atoms with Crippen LogP contribution in [0.5, 0.6) is 0 Å². The third-order valence-corrected chi connectivity index (χ3v) is 3.82. The molecule has 0 aliphatic heterocycles. The Hall–Kier alpha value is -1.22. The minimum absolute atomic E-state index is 0.0190. The maximum absolute atomic E-state index is 12.2. The van der Waals surface area contributed by atoms with Gasteiger partial charge in [-0.2, -0.15) is 0 Å². The van der Waals surface area contributed by atoms with Gasteiger partial charge >= 0.3 is 0 Å². The standard InChI is InChI=1S/C14H20N2O/c1-15-14(7-3-2-4-8-14)10-13(17)12-6-5-9-16-11-12/h5-6,9,11,15H,2-4,7-8,10H2,1H3. The third-order valence-electron chi connectivity index (χ3n) is 3.82. The van der Waals surface area contributed by atoms with Gasteiger partial charge in [-0.05, 0) is 32.0 Å². The molecule has 3 nitrogen and oxygen atoms in total. The van der Waals surface area contributed by atoms with Gasteiger partial charge in [0.15, 0.2) is 5.78 Å². The summed E-state index contributed by atoms with van der Waals surface area (Å²) in [6.45, 7) is 0. The van der Waals surface area contributed by atoms with E-state index in [-0.39, 0.29) is 11.3 Å². The van der Waals surface area contributed by atoms with Gasteiger partial charge in [0.05, 0.1) is 0 Å². The van der Waals surface area contributed by atoms with Gasteiger partial charge in [0.2, 0.25) is 0 Å². The van der Waals surface area contributed by atoms with Gasteiger partial charge in [0, 0.05) is 29.9 Å². The largest absolute Gasteiger partial charge is 0.314 e. The van der Waals surface area contributed by atoms with E-state index in [1.165, 1.54) is 19.3 Å². The Morgan fingerprint density at radius 2 is 2.18 bits per heavy atom. The highest BCUT2D eigenvalue weighted by atomic mass is 16.1. The van der Waals surface area contributed by atoms with E-state index in [1.807, 2.05) is 19.2 Å². The van der Waals surface area contributed by atoms with Crippen LogP contribution in [-0.4, -0.2) is 23.4 Å². The Kier molecular flexibility index (Phi) is 3.89. The molecule has 92 valence electrons. The third kappa shape index (κ3) is 2.91. The molecule has 1 saturated carbocycles. The van der Waals surface area contributed by atoms with E-state index in [2.05, 4.69) is 10.3 Å². The van der Waals surface area contributed by atoms with E-state index < -0.39 is 0 Å². The van der Waals surface area contributed by atoms with Crippen LogP contribution < -0.4 is 5.32 Å². The highest BCUT2D eigenvalue weighted by Crippen LogP contribution is 2.31. The molecule has 0 bridgehead atoms. The summed E-state index contributed by atoms with van der Waals surface area (Å²) in [7, 11) is 1.97. The lowest BCUT2D eigenvalue weighted by atomic mass is 9.77. The molecule has 1 aromatic heterocycles. The second kappa shape index (κ2) is 5.41. The first-order valence-electron chi connectivity index (χ1n) is 6.38. The van der Waals surface area contributed by atoms with Gasteiger partial charge in [-0.15, -0.1) is 0 Å². The Labute approximate surface area is 103 Å². The Bertz CT molecular complexity index is 369. The van der Waals surface area contributed by atoms with E-state index in [9.17, 15) is 4.79 Å². The fourth-order valence-electron chi connectivity index (χ4n) is 2.68. The lowest BCUT2D eigenvalue weighted by molar-refractivity contribution is 0.0914. The fourth-order valence-corrected chi connectivity index (χ4v) is 2.68. The van der Waals surface area contributed by atoms with Gasteiger partial charge in [0.1, 0.15) is 0 Å². The molecule has 1 aromatic rings. The van der Waals surface area contributed by atoms with Crippen LogP contribution in [0.15, 0.2) is 24.5 Å². The van der Waals surface area contributed by atoms with Crippen LogP contribution >= 0.6 is 0 Å². The molecule has 1 aliphatic rings. The Balaban J connectivity index is 2.06. The lowest BCUT2D eigenvalue weighted by Gasteiger charge is -2.36. The number of Topliss-reactive ketones (excluding diaryl/α,β-unsaturated/α-hetero) is 1. The SMILES string of the molecule is CNC1(CC(=O)c2cccnc2)CCCCC1. The second-order valence-corrected chi connectivity index (χ2v) is 4.93. The summed E-state index contributed by atoms with van der Waals surface area (Å²) in [6.07, 6.45) is 9.91. The summed E-state index contributed by atoms with van der Waals surface area (Å²) in [4.78, 5) is 16.2. The van der Waals surface area contributed by atoms with E-state index >= 15 is 0 Å². The smallest absolute Gasteiger partial charge is 0.166 e. The number of aromatic nitrogens is 1. The van der Waals surface area contributed by atoms with Crippen LogP contribution in [0.25, 0.3) is 0 Å². The Morgan fingerprint density at radius 1 is 1.41 bits per heavy atom. The average molecular weight is 232 g/mol. The maximum atomic E-state index is 12.2. The first-order valence-corrected chi connectivity index (χ1v) is 6.38. The molecule has 1 N–H and O–H groups in total. The van der Waals surface area contributed by atoms with Crippen molar-refractivity contribution in [1.82, 2.24) is 10.3 Å². The summed E-state index contributed by atoms with van der Waals surface area (Å²) in [6, 6.07) is 3.67. The van der Waals surface area contributed by atoms with Crippen molar-refractivity contribution in [3.8, 4) is 0 Å². The average Bonchev–Trinajstić information content (AvgIpc) is 2.41. The van der Waals surface area contributed by atoms with Gasteiger partial charge < -0.3 is 5.32 Å². The number of nitrogens with one attached hydrogen (secondary N) is 1. The number of hydrogen-bond donors (Lipinski definition) is 1. The molecule has 0 spiro atoms. The Morgan fingerprint density at radius 3 is 2.76 bits per heavy atom. The number of carbonyl (C=O) groups is 1. The zero-order valence-electron chi connectivity index (χ0n) is 10.4. The van der Waals surface area contributed by atoms with E-state index in [1.54, 1.807) is 12.4 Å². The van der Waals surface area contributed by atoms with E-state index in [0.29, 0.717) is 6.42 Å². The van der Waals surface area contributed by atoms with Crippen molar-refractivity contribution in [2.45, 2.75) is 44.1 Å². The summed E-state index contributed by atoms with van der Waals surface area (Å²) in [5.74, 6) is 0.203. The molecule has 0 atom stereocenters. The molecule has 3 heteroatoms. The van der Waals surface area contributed by atoms with Crippen molar-refractivity contribution in [3.05, 3.63) is 30.1 Å². The van der Waals surface area contributed by atoms with Crippen LogP contribution in [0, 0.1) is 0 Å². The van der Waals surface area contributed by atoms with Crippen LogP contribution in [0.4, 0.5) is 0 Å². The highest BCUT2D eigenvalue weighted by Gasteiger charge is 2.32. The summed E-state index contributed by atoms with van der Waals surface area (Å²) in [5, 5.41) is 3.38. The van der Waals surface area contributed by atoms with Gasteiger partial charge in [-0.25, -0.2) is 0 Å². The van der Waals surface area contributed by atoms with Crippen molar-refractivity contribution in [2.75, 3.05) is 7.05 Å². The van der Waals surface area contributed by atoms with Crippen molar-refractivity contribution < 1.29 is 4.79 Å². The molecule has 0 amide bonds. The molecule has 17 heavy (non-hydrogen) atoms. The summed E-state index contributed by atoms with van der Waals surface area (Å²) in [5.41, 5.74) is 0.748. The topological polar surface area (TPSA) is 42.0 Å². The van der Waals surface area contributed by atoms with Gasteiger partial charge in [-0.1, -0.05) is 19.3 Å². The summed E-state index contributed by atoms with van der Waals surface area (Å²) < 4.78 is 0. The quantitative estimate of drug-likeness (QED) is 0.811.